The maximum absolute atomic E-state index is 4.10. The van der Waals surface area contributed by atoms with Crippen molar-refractivity contribution in [2.24, 2.45) is 5.92 Å². The van der Waals surface area contributed by atoms with Crippen molar-refractivity contribution >= 4 is 0 Å². The highest BCUT2D eigenvalue weighted by Gasteiger charge is 2.17. The van der Waals surface area contributed by atoms with E-state index in [0.717, 1.165) is 5.82 Å². The molecule has 0 aliphatic carbocycles. The van der Waals surface area contributed by atoms with Gasteiger partial charge in [-0.25, -0.2) is 4.68 Å². The second-order valence-corrected chi connectivity index (χ2v) is 5.65. The van der Waals surface area contributed by atoms with Crippen LogP contribution in [-0.4, -0.2) is 20.2 Å². The Morgan fingerprint density at radius 2 is 1.80 bits per heavy atom. The maximum atomic E-state index is 4.10. The normalized spacial score (nSPS) is 13.1. The zero-order valence-electron chi connectivity index (χ0n) is 12.6. The van der Waals surface area contributed by atoms with Gasteiger partial charge in [-0.15, -0.1) is 5.10 Å². The molecule has 0 saturated carbocycles. The molecule has 1 N–H and O–H groups in total. The summed E-state index contributed by atoms with van der Waals surface area (Å²) in [6, 6.07) is 11.1. The van der Waals surface area contributed by atoms with Crippen LogP contribution in [0.3, 0.4) is 0 Å². The maximum Gasteiger partial charge on any atom is 0.165 e. The zero-order valence-corrected chi connectivity index (χ0v) is 12.6. The van der Waals surface area contributed by atoms with Crippen molar-refractivity contribution < 1.29 is 0 Å². The summed E-state index contributed by atoms with van der Waals surface area (Å²) in [5, 5.41) is 15.5. The third-order valence-corrected chi connectivity index (χ3v) is 3.36. The van der Waals surface area contributed by atoms with Crippen LogP contribution >= 0.6 is 0 Å². The standard InChI is InChI=1S/C15H23N5/c1-11(2)15(13-8-6-5-7-9-13)16-10-14-17-18-19-20(14)12(3)4/h5-9,11-12,15-16H,10H2,1-4H3/t15-/m1/s1. The Balaban J connectivity index is 2.08. The van der Waals surface area contributed by atoms with E-state index < -0.39 is 0 Å². The fourth-order valence-electron chi connectivity index (χ4n) is 2.33. The van der Waals surface area contributed by atoms with E-state index in [-0.39, 0.29) is 6.04 Å². The lowest BCUT2D eigenvalue weighted by molar-refractivity contribution is 0.393. The topological polar surface area (TPSA) is 55.6 Å². The van der Waals surface area contributed by atoms with Gasteiger partial charge in [-0.2, -0.15) is 0 Å². The van der Waals surface area contributed by atoms with Crippen molar-refractivity contribution in [3.05, 3.63) is 41.7 Å². The highest BCUT2D eigenvalue weighted by Crippen LogP contribution is 2.21. The largest absolute Gasteiger partial charge is 0.303 e. The van der Waals surface area contributed by atoms with Crippen LogP contribution in [0.4, 0.5) is 0 Å². The minimum Gasteiger partial charge on any atom is -0.303 e. The smallest absolute Gasteiger partial charge is 0.165 e. The molecule has 1 atom stereocenters. The van der Waals surface area contributed by atoms with E-state index >= 15 is 0 Å². The number of tetrazole rings is 1. The summed E-state index contributed by atoms with van der Waals surface area (Å²) in [6.45, 7) is 9.27. The van der Waals surface area contributed by atoms with Crippen LogP contribution in [0.5, 0.6) is 0 Å². The lowest BCUT2D eigenvalue weighted by Crippen LogP contribution is -2.27. The molecule has 0 unspecified atom stereocenters. The highest BCUT2D eigenvalue weighted by atomic mass is 15.5. The summed E-state index contributed by atoms with van der Waals surface area (Å²) in [4.78, 5) is 0. The average Bonchev–Trinajstić information content (AvgIpc) is 2.88. The van der Waals surface area contributed by atoms with Gasteiger partial charge in [0.2, 0.25) is 0 Å². The minimum atomic E-state index is 0.274. The Kier molecular flexibility index (Phi) is 4.84. The van der Waals surface area contributed by atoms with Gasteiger partial charge in [0.25, 0.3) is 0 Å². The molecule has 1 aromatic heterocycles. The molecule has 0 amide bonds. The van der Waals surface area contributed by atoms with Crippen LogP contribution in [-0.2, 0) is 6.54 Å². The first-order chi connectivity index (χ1) is 9.59. The molecule has 0 spiro atoms. The van der Waals surface area contributed by atoms with Gasteiger partial charge >= 0.3 is 0 Å². The van der Waals surface area contributed by atoms with Crippen molar-refractivity contribution in [3.63, 3.8) is 0 Å². The summed E-state index contributed by atoms with van der Waals surface area (Å²) in [5.74, 6) is 1.38. The Hall–Kier alpha value is -1.75. The van der Waals surface area contributed by atoms with E-state index in [9.17, 15) is 0 Å². The molecule has 2 rings (SSSR count). The third kappa shape index (κ3) is 3.42. The number of rotatable bonds is 6. The first-order valence-electron chi connectivity index (χ1n) is 7.14. The predicted molar refractivity (Wildman–Crippen MR) is 79.1 cm³/mol. The fraction of sp³-hybridized carbons (Fsp3) is 0.533. The molecule has 5 nitrogen and oxygen atoms in total. The molecule has 20 heavy (non-hydrogen) atoms. The van der Waals surface area contributed by atoms with E-state index in [0.29, 0.717) is 18.5 Å². The molecule has 0 aliphatic rings. The van der Waals surface area contributed by atoms with Crippen molar-refractivity contribution in [1.82, 2.24) is 25.5 Å². The van der Waals surface area contributed by atoms with Crippen molar-refractivity contribution in [2.45, 2.75) is 46.3 Å². The minimum absolute atomic E-state index is 0.274. The number of hydrogen-bond acceptors (Lipinski definition) is 4. The predicted octanol–water partition coefficient (Wildman–Crippen LogP) is 2.74. The van der Waals surface area contributed by atoms with E-state index in [1.165, 1.54) is 5.56 Å². The van der Waals surface area contributed by atoms with Gasteiger partial charge in [0, 0.05) is 6.04 Å². The summed E-state index contributed by atoms with van der Waals surface area (Å²) in [5.41, 5.74) is 1.30. The van der Waals surface area contributed by atoms with E-state index in [1.807, 2.05) is 10.7 Å². The lowest BCUT2D eigenvalue weighted by Gasteiger charge is -2.23. The van der Waals surface area contributed by atoms with Gasteiger partial charge in [0.1, 0.15) is 0 Å². The van der Waals surface area contributed by atoms with Gasteiger partial charge in [0.15, 0.2) is 5.82 Å². The zero-order chi connectivity index (χ0) is 14.5. The van der Waals surface area contributed by atoms with Crippen LogP contribution in [0.25, 0.3) is 0 Å². The highest BCUT2D eigenvalue weighted by molar-refractivity contribution is 5.19. The summed E-state index contributed by atoms with van der Waals surface area (Å²) in [7, 11) is 0. The van der Waals surface area contributed by atoms with Crippen molar-refractivity contribution in [3.8, 4) is 0 Å². The van der Waals surface area contributed by atoms with Gasteiger partial charge in [0.05, 0.1) is 12.6 Å². The number of nitrogens with zero attached hydrogens (tertiary/aromatic N) is 4. The van der Waals surface area contributed by atoms with Crippen molar-refractivity contribution in [2.75, 3.05) is 0 Å². The molecule has 1 aromatic carbocycles. The monoisotopic (exact) mass is 273 g/mol. The Bertz CT molecular complexity index is 518. The molecule has 2 aromatic rings. The van der Waals surface area contributed by atoms with Crippen molar-refractivity contribution in [1.29, 1.82) is 0 Å². The second-order valence-electron chi connectivity index (χ2n) is 5.65. The summed E-state index contributed by atoms with van der Waals surface area (Å²) in [6.07, 6.45) is 0. The molecule has 0 saturated heterocycles. The number of benzene rings is 1. The molecule has 1 heterocycles. The molecular weight excluding hydrogens is 250 g/mol. The van der Waals surface area contributed by atoms with Crippen LogP contribution in [0, 0.1) is 5.92 Å². The Morgan fingerprint density at radius 3 is 2.40 bits per heavy atom. The Morgan fingerprint density at radius 1 is 1.10 bits per heavy atom. The van der Waals surface area contributed by atoms with Gasteiger partial charge in [-0.3, -0.25) is 0 Å². The summed E-state index contributed by atoms with van der Waals surface area (Å²) < 4.78 is 1.86. The molecule has 0 bridgehead atoms. The SMILES string of the molecule is CC(C)[C@@H](NCc1nnnn1C(C)C)c1ccccc1. The number of hydrogen-bond donors (Lipinski definition) is 1. The quantitative estimate of drug-likeness (QED) is 0.879. The molecular formula is C15H23N5. The van der Waals surface area contributed by atoms with E-state index in [1.54, 1.807) is 0 Å². The molecule has 108 valence electrons. The van der Waals surface area contributed by atoms with Gasteiger partial charge in [-0.1, -0.05) is 44.2 Å². The Labute approximate surface area is 120 Å². The van der Waals surface area contributed by atoms with Crippen LogP contribution in [0.15, 0.2) is 30.3 Å². The fourth-order valence-corrected chi connectivity index (χ4v) is 2.33. The van der Waals surface area contributed by atoms with Crippen LogP contribution in [0.2, 0.25) is 0 Å². The first kappa shape index (κ1) is 14.7. The van der Waals surface area contributed by atoms with E-state index in [4.69, 9.17) is 0 Å². The second kappa shape index (κ2) is 6.61. The molecule has 0 aliphatic heterocycles. The number of nitrogens with one attached hydrogen (secondary N) is 1. The van der Waals surface area contributed by atoms with E-state index in [2.05, 4.69) is 72.8 Å². The van der Waals surface area contributed by atoms with Crippen LogP contribution < -0.4 is 5.32 Å². The first-order valence-corrected chi connectivity index (χ1v) is 7.14. The van der Waals surface area contributed by atoms with Crippen LogP contribution in [0.1, 0.15) is 51.2 Å². The molecule has 0 fully saturated rings. The number of aromatic nitrogens is 4. The molecule has 5 heteroatoms. The van der Waals surface area contributed by atoms with Gasteiger partial charge in [-0.05, 0) is 35.8 Å². The third-order valence-electron chi connectivity index (χ3n) is 3.36. The lowest BCUT2D eigenvalue weighted by atomic mass is 9.96. The average molecular weight is 273 g/mol. The van der Waals surface area contributed by atoms with Gasteiger partial charge < -0.3 is 5.32 Å². The summed E-state index contributed by atoms with van der Waals surface area (Å²) >= 11 is 0. The molecule has 0 radical (unpaired) electrons.